The number of hydrogen-bond donors (Lipinski definition) is 4. The molecule has 10 heteroatoms. The van der Waals surface area contributed by atoms with Gasteiger partial charge in [-0.3, -0.25) is 0 Å². The number of hydrogen-bond acceptors (Lipinski definition) is 9. The van der Waals surface area contributed by atoms with E-state index in [-0.39, 0.29) is 25.3 Å². The van der Waals surface area contributed by atoms with Crippen molar-refractivity contribution < 1.29 is 33.6 Å². The highest BCUT2D eigenvalue weighted by molar-refractivity contribution is 5.65. The molecule has 4 atom stereocenters. The lowest BCUT2D eigenvalue weighted by atomic mass is 10.0. The highest BCUT2D eigenvalue weighted by Crippen LogP contribution is 2.27. The third-order valence-corrected chi connectivity index (χ3v) is 5.12. The minimum Gasteiger partial charge on any atom is -0.443 e. The zero-order valence-corrected chi connectivity index (χ0v) is 21.0. The molecule has 0 radical (unpaired) electrons. The lowest BCUT2D eigenvalue weighted by Crippen LogP contribution is -2.43. The molecule has 2 aromatic carbocycles. The van der Waals surface area contributed by atoms with Gasteiger partial charge in [-0.2, -0.15) is 0 Å². The number of carbonyl (C=O) groups excluding carboxylic acids is 2. The zero-order chi connectivity index (χ0) is 26.7. The van der Waals surface area contributed by atoms with E-state index in [1.54, 1.807) is 45.0 Å². The Morgan fingerprint density at radius 2 is 1.64 bits per heavy atom. The van der Waals surface area contributed by atoms with E-state index in [2.05, 4.69) is 0 Å². The number of amides is 1. The molecule has 198 valence electrons. The van der Waals surface area contributed by atoms with Gasteiger partial charge in [0.15, 0.2) is 0 Å². The predicted octanol–water partition coefficient (Wildman–Crippen LogP) is 2.80. The van der Waals surface area contributed by atoms with Crippen molar-refractivity contribution in [2.45, 2.75) is 63.6 Å². The normalized spacial score (nSPS) is 14.8. The van der Waals surface area contributed by atoms with Gasteiger partial charge < -0.3 is 41.3 Å². The second-order valence-corrected chi connectivity index (χ2v) is 9.37. The fourth-order valence-corrected chi connectivity index (χ4v) is 3.53. The molecule has 2 rings (SSSR count). The fourth-order valence-electron chi connectivity index (χ4n) is 3.53. The molecule has 0 fully saturated rings. The Morgan fingerprint density at radius 1 is 1.00 bits per heavy atom. The summed E-state index contributed by atoms with van der Waals surface area (Å²) in [5.74, 6) is 0.241. The molecule has 0 aromatic heterocycles. The van der Waals surface area contributed by atoms with Crippen LogP contribution in [0, 0.1) is 0 Å². The van der Waals surface area contributed by atoms with E-state index in [1.165, 1.54) is 0 Å². The van der Waals surface area contributed by atoms with Gasteiger partial charge >= 0.3 is 12.2 Å². The Bertz CT molecular complexity index is 966. The third-order valence-electron chi connectivity index (χ3n) is 5.12. The van der Waals surface area contributed by atoms with Crippen molar-refractivity contribution in [3.05, 3.63) is 65.7 Å². The van der Waals surface area contributed by atoms with Crippen molar-refractivity contribution in [1.29, 1.82) is 0 Å². The van der Waals surface area contributed by atoms with Crippen LogP contribution in [0.2, 0.25) is 0 Å². The van der Waals surface area contributed by atoms with E-state index < -0.39 is 42.2 Å². The minimum atomic E-state index is -0.977. The molecule has 0 saturated carbocycles. The molecule has 7 N–H and O–H groups in total. The topological polar surface area (TPSA) is 169 Å². The van der Waals surface area contributed by atoms with Gasteiger partial charge in [0.05, 0.1) is 12.7 Å². The largest absolute Gasteiger partial charge is 0.514 e. The number of rotatable bonds is 12. The number of ether oxygens (including phenoxy) is 4. The van der Waals surface area contributed by atoms with Gasteiger partial charge in [0.25, 0.3) is 0 Å². The second kappa shape index (κ2) is 13.8. The van der Waals surface area contributed by atoms with Crippen LogP contribution in [0.25, 0.3) is 0 Å². The Hall–Kier alpha value is -3.18. The molecule has 10 nitrogen and oxygen atoms in total. The summed E-state index contributed by atoms with van der Waals surface area (Å²) in [6.45, 7) is 5.12. The van der Waals surface area contributed by atoms with Crippen molar-refractivity contribution >= 4 is 12.2 Å². The van der Waals surface area contributed by atoms with Gasteiger partial charge in [-0.05, 0) is 38.8 Å². The molecular formula is C26H37N3O7. The van der Waals surface area contributed by atoms with Crippen LogP contribution in [0.15, 0.2) is 54.6 Å². The highest BCUT2D eigenvalue weighted by Gasteiger charge is 2.27. The summed E-state index contributed by atoms with van der Waals surface area (Å²) in [7, 11) is 0. The first-order valence-electron chi connectivity index (χ1n) is 11.7. The van der Waals surface area contributed by atoms with E-state index >= 15 is 0 Å². The SMILES string of the molecule is CC(C)(C)OC(=O)Oc1ccccc1C(N)CC(O)COC(CN)C(Cc1ccccc1)OC(N)=O. The number of carbonyl (C=O) groups is 2. The first-order valence-corrected chi connectivity index (χ1v) is 11.7. The molecule has 0 spiro atoms. The lowest BCUT2D eigenvalue weighted by molar-refractivity contribution is -0.0660. The van der Waals surface area contributed by atoms with Gasteiger partial charge in [0, 0.05) is 24.6 Å². The van der Waals surface area contributed by atoms with Crippen molar-refractivity contribution in [2.24, 2.45) is 17.2 Å². The first kappa shape index (κ1) is 29.1. The quantitative estimate of drug-likeness (QED) is 0.251. The minimum absolute atomic E-state index is 0.0378. The molecular weight excluding hydrogens is 466 g/mol. The second-order valence-electron chi connectivity index (χ2n) is 9.37. The molecule has 4 unspecified atom stereocenters. The number of benzene rings is 2. The predicted molar refractivity (Wildman–Crippen MR) is 134 cm³/mol. The van der Waals surface area contributed by atoms with Crippen LogP contribution >= 0.6 is 0 Å². The van der Waals surface area contributed by atoms with Crippen LogP contribution in [0.4, 0.5) is 9.59 Å². The Balaban J connectivity index is 1.99. The number of nitrogens with two attached hydrogens (primary N) is 3. The van der Waals surface area contributed by atoms with Crippen LogP contribution in [0.5, 0.6) is 5.75 Å². The lowest BCUT2D eigenvalue weighted by Gasteiger charge is -2.27. The summed E-state index contributed by atoms with van der Waals surface area (Å²) >= 11 is 0. The van der Waals surface area contributed by atoms with Crippen LogP contribution < -0.4 is 21.9 Å². The molecule has 0 heterocycles. The average Bonchev–Trinajstić information content (AvgIpc) is 2.78. The first-order chi connectivity index (χ1) is 17.0. The smallest absolute Gasteiger partial charge is 0.443 e. The van der Waals surface area contributed by atoms with Crippen LogP contribution in [-0.2, 0) is 20.6 Å². The van der Waals surface area contributed by atoms with Gasteiger partial charge in [-0.15, -0.1) is 0 Å². The van der Waals surface area contributed by atoms with Crippen molar-refractivity contribution in [2.75, 3.05) is 13.2 Å². The van der Waals surface area contributed by atoms with Gasteiger partial charge in [-0.25, -0.2) is 9.59 Å². The number of aliphatic hydroxyl groups is 1. The monoisotopic (exact) mass is 503 g/mol. The highest BCUT2D eigenvalue weighted by atomic mass is 16.7. The van der Waals surface area contributed by atoms with Crippen LogP contribution in [0.1, 0.15) is 44.4 Å². The molecule has 2 aromatic rings. The van der Waals surface area contributed by atoms with Gasteiger partial charge in [0.2, 0.25) is 0 Å². The van der Waals surface area contributed by atoms with E-state index in [9.17, 15) is 14.7 Å². The van der Waals surface area contributed by atoms with E-state index in [0.717, 1.165) is 5.56 Å². The van der Waals surface area contributed by atoms with E-state index in [4.69, 9.17) is 36.1 Å². The number of aliphatic hydroxyl groups excluding tert-OH is 1. The van der Waals surface area contributed by atoms with Crippen molar-refractivity contribution in [1.82, 2.24) is 0 Å². The number of primary amides is 1. The van der Waals surface area contributed by atoms with E-state index in [0.29, 0.717) is 12.0 Å². The molecule has 0 bridgehead atoms. The summed E-state index contributed by atoms with van der Waals surface area (Å²) in [4.78, 5) is 23.5. The maximum atomic E-state index is 12.1. The van der Waals surface area contributed by atoms with Crippen LogP contribution in [0.3, 0.4) is 0 Å². The Kier molecular flexibility index (Phi) is 11.1. The maximum Gasteiger partial charge on any atom is 0.514 e. The summed E-state index contributed by atoms with van der Waals surface area (Å²) in [5, 5.41) is 10.6. The summed E-state index contributed by atoms with van der Waals surface area (Å²) < 4.78 is 21.6. The zero-order valence-electron chi connectivity index (χ0n) is 21.0. The standard InChI is InChI=1S/C26H37N3O7/c1-26(2,3)36-25(32)35-21-12-8-7-11-19(21)20(28)14-18(30)16-33-23(15-27)22(34-24(29)31)13-17-9-5-4-6-10-17/h4-12,18,20,22-23,30H,13-16,27-28H2,1-3H3,(H2,29,31). The van der Waals surface area contributed by atoms with Crippen LogP contribution in [-0.4, -0.2) is 54.4 Å². The Labute approximate surface area is 211 Å². The maximum absolute atomic E-state index is 12.1. The summed E-state index contributed by atoms with van der Waals surface area (Å²) in [6, 6.07) is 15.5. The summed E-state index contributed by atoms with van der Waals surface area (Å²) in [6.07, 6.45) is -3.76. The molecule has 1 amide bonds. The van der Waals surface area contributed by atoms with Gasteiger partial charge in [0.1, 0.15) is 23.6 Å². The fraction of sp³-hybridized carbons (Fsp3) is 0.462. The average molecular weight is 504 g/mol. The molecule has 0 aliphatic rings. The third kappa shape index (κ3) is 10.2. The Morgan fingerprint density at radius 3 is 2.25 bits per heavy atom. The van der Waals surface area contributed by atoms with Gasteiger partial charge in [-0.1, -0.05) is 48.5 Å². The molecule has 36 heavy (non-hydrogen) atoms. The molecule has 0 aliphatic carbocycles. The van der Waals surface area contributed by atoms with Crippen molar-refractivity contribution in [3.8, 4) is 5.75 Å². The summed E-state index contributed by atoms with van der Waals surface area (Å²) in [5.41, 5.74) is 18.1. The van der Waals surface area contributed by atoms with E-state index in [1.807, 2.05) is 30.3 Å². The molecule has 0 aliphatic heterocycles. The number of para-hydroxylation sites is 1. The molecule has 0 saturated heterocycles. The van der Waals surface area contributed by atoms with Crippen molar-refractivity contribution in [3.63, 3.8) is 0 Å².